The number of hydrogen-bond donors (Lipinski definition) is 2. The third-order valence-electron chi connectivity index (χ3n) is 4.29. The van der Waals surface area contributed by atoms with Crippen LogP contribution < -0.4 is 10.0 Å². The average molecular weight is 305 g/mol. The zero-order valence-corrected chi connectivity index (χ0v) is 14.2. The first-order valence-corrected chi connectivity index (χ1v) is 9.20. The monoisotopic (exact) mass is 305 g/mol. The lowest BCUT2D eigenvalue weighted by atomic mass is 9.78. The Morgan fingerprint density at radius 2 is 1.90 bits per heavy atom. The first kappa shape index (κ1) is 17.9. The fourth-order valence-corrected chi connectivity index (χ4v) is 4.21. The highest BCUT2D eigenvalue weighted by atomic mass is 32.2. The second kappa shape index (κ2) is 8.32. The lowest BCUT2D eigenvalue weighted by molar-refractivity contribution is 0.223. The third kappa shape index (κ3) is 5.31. The maximum Gasteiger partial charge on any atom is 0.279 e. The normalized spacial score (nSPS) is 24.5. The van der Waals surface area contributed by atoms with Crippen LogP contribution in [0.4, 0.5) is 0 Å². The van der Waals surface area contributed by atoms with Crippen molar-refractivity contribution in [3.05, 3.63) is 0 Å². The van der Waals surface area contributed by atoms with Crippen LogP contribution in [0.25, 0.3) is 0 Å². The van der Waals surface area contributed by atoms with E-state index in [1.807, 2.05) is 7.05 Å². The van der Waals surface area contributed by atoms with Crippen LogP contribution in [0.15, 0.2) is 0 Å². The molecule has 0 spiro atoms. The molecule has 1 aliphatic carbocycles. The third-order valence-corrected chi connectivity index (χ3v) is 5.89. The van der Waals surface area contributed by atoms with Gasteiger partial charge in [0, 0.05) is 19.6 Å². The minimum absolute atomic E-state index is 0.0977. The standard InChI is InChI=1S/C14H31N3O2S/c1-12(2)13-8-5-6-9-14(13)16-20(18,19)17(4)11-7-10-15-3/h12-16H,5-11H2,1-4H3. The first-order chi connectivity index (χ1) is 9.38. The van der Waals surface area contributed by atoms with Gasteiger partial charge in [-0.1, -0.05) is 26.7 Å². The van der Waals surface area contributed by atoms with E-state index in [1.54, 1.807) is 7.05 Å². The van der Waals surface area contributed by atoms with Crippen LogP contribution in [-0.2, 0) is 10.2 Å². The molecule has 0 aliphatic heterocycles. The quantitative estimate of drug-likeness (QED) is 0.669. The fourth-order valence-electron chi connectivity index (χ4n) is 2.98. The van der Waals surface area contributed by atoms with Gasteiger partial charge >= 0.3 is 0 Å². The van der Waals surface area contributed by atoms with E-state index >= 15 is 0 Å². The van der Waals surface area contributed by atoms with Gasteiger partial charge in [0.25, 0.3) is 10.2 Å². The molecular weight excluding hydrogens is 274 g/mol. The van der Waals surface area contributed by atoms with Crippen LogP contribution >= 0.6 is 0 Å². The van der Waals surface area contributed by atoms with E-state index in [-0.39, 0.29) is 6.04 Å². The van der Waals surface area contributed by atoms with Gasteiger partial charge in [0.05, 0.1) is 0 Å². The summed E-state index contributed by atoms with van der Waals surface area (Å²) in [6.07, 6.45) is 5.27. The summed E-state index contributed by atoms with van der Waals surface area (Å²) in [6.45, 7) is 5.76. The zero-order chi connectivity index (χ0) is 15.2. The molecule has 1 rings (SSSR count). The van der Waals surface area contributed by atoms with E-state index in [9.17, 15) is 8.42 Å². The fraction of sp³-hybridized carbons (Fsp3) is 1.00. The molecule has 0 aromatic carbocycles. The summed E-state index contributed by atoms with van der Waals surface area (Å²) in [4.78, 5) is 0. The second-order valence-electron chi connectivity index (χ2n) is 6.20. The van der Waals surface area contributed by atoms with Gasteiger partial charge in [-0.2, -0.15) is 17.4 Å². The summed E-state index contributed by atoms with van der Waals surface area (Å²) in [6, 6.07) is 0.0977. The highest BCUT2D eigenvalue weighted by Gasteiger charge is 2.31. The summed E-state index contributed by atoms with van der Waals surface area (Å²) >= 11 is 0. The van der Waals surface area contributed by atoms with Crippen molar-refractivity contribution in [2.45, 2.75) is 52.0 Å². The predicted octanol–water partition coefficient (Wildman–Crippen LogP) is 1.58. The van der Waals surface area contributed by atoms with Crippen molar-refractivity contribution in [1.82, 2.24) is 14.3 Å². The molecule has 0 radical (unpaired) electrons. The van der Waals surface area contributed by atoms with Crippen LogP contribution in [0.2, 0.25) is 0 Å². The Balaban J connectivity index is 2.59. The molecule has 1 fully saturated rings. The van der Waals surface area contributed by atoms with Gasteiger partial charge in [-0.25, -0.2) is 0 Å². The Morgan fingerprint density at radius 1 is 1.25 bits per heavy atom. The lowest BCUT2D eigenvalue weighted by Gasteiger charge is -2.35. The minimum atomic E-state index is -3.35. The van der Waals surface area contributed by atoms with Gasteiger partial charge in [0.2, 0.25) is 0 Å². The molecule has 1 aliphatic rings. The molecule has 2 N–H and O–H groups in total. The maximum absolute atomic E-state index is 12.4. The van der Waals surface area contributed by atoms with Gasteiger partial charge in [0.1, 0.15) is 0 Å². The predicted molar refractivity (Wildman–Crippen MR) is 83.8 cm³/mol. The van der Waals surface area contributed by atoms with Gasteiger partial charge in [-0.05, 0) is 44.7 Å². The van der Waals surface area contributed by atoms with E-state index in [1.165, 1.54) is 10.7 Å². The molecule has 5 nitrogen and oxygen atoms in total. The molecule has 0 amide bonds. The smallest absolute Gasteiger partial charge is 0.279 e. The van der Waals surface area contributed by atoms with Crippen LogP contribution in [0.5, 0.6) is 0 Å². The SMILES string of the molecule is CNCCCN(C)S(=O)(=O)NC1CCCCC1C(C)C. The molecule has 0 saturated heterocycles. The Bertz CT molecular complexity index is 371. The van der Waals surface area contributed by atoms with Crippen molar-refractivity contribution >= 4 is 10.2 Å². The van der Waals surface area contributed by atoms with Crippen molar-refractivity contribution in [2.75, 3.05) is 27.2 Å². The molecule has 2 atom stereocenters. The first-order valence-electron chi connectivity index (χ1n) is 7.76. The molecule has 20 heavy (non-hydrogen) atoms. The highest BCUT2D eigenvalue weighted by Crippen LogP contribution is 2.30. The second-order valence-corrected chi connectivity index (χ2v) is 8.01. The van der Waals surface area contributed by atoms with Gasteiger partial charge < -0.3 is 5.32 Å². The van der Waals surface area contributed by atoms with Crippen LogP contribution in [0.3, 0.4) is 0 Å². The van der Waals surface area contributed by atoms with Crippen molar-refractivity contribution in [3.63, 3.8) is 0 Å². The van der Waals surface area contributed by atoms with Crippen molar-refractivity contribution in [2.24, 2.45) is 11.8 Å². The molecule has 0 aromatic rings. The average Bonchev–Trinajstić information content (AvgIpc) is 2.38. The number of rotatable bonds is 8. The molecule has 0 heterocycles. The molecule has 2 unspecified atom stereocenters. The Hall–Kier alpha value is -0.170. The Labute approximate surface area is 124 Å². The number of nitrogens with zero attached hydrogens (tertiary/aromatic N) is 1. The molecule has 1 saturated carbocycles. The summed E-state index contributed by atoms with van der Waals surface area (Å²) in [5.41, 5.74) is 0. The molecule has 6 heteroatoms. The van der Waals surface area contributed by atoms with E-state index in [2.05, 4.69) is 23.9 Å². The summed E-state index contributed by atoms with van der Waals surface area (Å²) in [5, 5.41) is 3.04. The van der Waals surface area contributed by atoms with Crippen LogP contribution in [0, 0.1) is 11.8 Å². The largest absolute Gasteiger partial charge is 0.320 e. The number of nitrogens with one attached hydrogen (secondary N) is 2. The van der Waals surface area contributed by atoms with E-state index in [4.69, 9.17) is 0 Å². The van der Waals surface area contributed by atoms with Crippen molar-refractivity contribution in [1.29, 1.82) is 0 Å². The summed E-state index contributed by atoms with van der Waals surface area (Å²) < 4.78 is 29.1. The molecular formula is C14H31N3O2S. The van der Waals surface area contributed by atoms with Crippen LogP contribution in [-0.4, -0.2) is 45.9 Å². The zero-order valence-electron chi connectivity index (χ0n) is 13.4. The minimum Gasteiger partial charge on any atom is -0.320 e. The summed E-state index contributed by atoms with van der Waals surface area (Å²) in [5.74, 6) is 0.988. The maximum atomic E-state index is 12.4. The highest BCUT2D eigenvalue weighted by molar-refractivity contribution is 7.87. The molecule has 0 bridgehead atoms. The Kier molecular flexibility index (Phi) is 7.43. The Morgan fingerprint density at radius 3 is 2.50 bits per heavy atom. The number of hydrogen-bond acceptors (Lipinski definition) is 3. The van der Waals surface area contributed by atoms with Gasteiger partial charge in [0.15, 0.2) is 0 Å². The van der Waals surface area contributed by atoms with Gasteiger partial charge in [-0.15, -0.1) is 0 Å². The van der Waals surface area contributed by atoms with Crippen molar-refractivity contribution in [3.8, 4) is 0 Å². The topological polar surface area (TPSA) is 61.4 Å². The summed E-state index contributed by atoms with van der Waals surface area (Å²) in [7, 11) is 0.184. The van der Waals surface area contributed by atoms with E-state index in [0.717, 1.165) is 32.2 Å². The molecule has 120 valence electrons. The van der Waals surface area contributed by atoms with E-state index in [0.29, 0.717) is 18.4 Å². The molecule has 0 aromatic heterocycles. The van der Waals surface area contributed by atoms with Gasteiger partial charge in [-0.3, -0.25) is 0 Å². The lowest BCUT2D eigenvalue weighted by Crippen LogP contribution is -2.49. The van der Waals surface area contributed by atoms with E-state index < -0.39 is 10.2 Å². The van der Waals surface area contributed by atoms with Crippen molar-refractivity contribution < 1.29 is 8.42 Å². The van der Waals surface area contributed by atoms with Crippen LogP contribution in [0.1, 0.15) is 46.0 Å².